The summed E-state index contributed by atoms with van der Waals surface area (Å²) in [5, 5.41) is 47.0. The molecule has 448 valence electrons. The molecule has 4 N–H and O–H groups in total. The van der Waals surface area contributed by atoms with Gasteiger partial charge in [0.25, 0.3) is 0 Å². The Labute approximate surface area is 501 Å². The van der Waals surface area contributed by atoms with Gasteiger partial charge in [0.2, 0.25) is 11.7 Å². The number of aryl methyl sites for hydroxylation is 2. The van der Waals surface area contributed by atoms with Crippen LogP contribution in [0.1, 0.15) is 93.9 Å². The molecule has 0 saturated carbocycles. The van der Waals surface area contributed by atoms with Crippen molar-refractivity contribution in [3.8, 4) is 35.1 Å². The van der Waals surface area contributed by atoms with Crippen molar-refractivity contribution in [3.63, 3.8) is 0 Å². The molecule has 9 aliphatic rings. The van der Waals surface area contributed by atoms with E-state index in [1.165, 1.54) is 26.2 Å². The molecule has 4 bridgehead atoms. The lowest BCUT2D eigenvalue weighted by Gasteiger charge is -2.60. The normalized spacial score (nSPS) is 27.6. The number of aliphatic imine (C=N–C) groups is 2. The molecule has 7 heterocycles. The first-order valence-electron chi connectivity index (χ1n) is 27.8. The minimum atomic E-state index is -0.822. The standard InChI is InChI=1S/C36H40N6O6S.C26H28N4O4.2CH4/c1-18-12-21-13-24-26(15-37)42-25(30(41(24)4)28(21)32(44)34(18)47-5)14-23-29(33(45)35(48-6)19(2)31(23)43)27(42)16-38-36(46)20(3)39-17-49-40-22-10-8-7-9-11-22;1-11-6-13-7-15-17(9-27)30-16(22(29(15)3)19(13)24(32)25(11)33-4)8-14-20-18(30)10-28-21(20)26(34-5)12(2)23(14)31;;/h7-12,17,20,24-27,30,40,44H,13-14,16H2,1-6H3,(H,38,46);6,15-18,22,32H,7-8,10H2,1-5H3;2*1H4/t20?,24-,25?,26-,27-,30?;15-,16?,17-,18?,22?;;/m00../s1. The van der Waals surface area contributed by atoms with Crippen LogP contribution in [0.4, 0.5) is 5.69 Å². The highest BCUT2D eigenvalue weighted by Crippen LogP contribution is 2.56. The molecular formula is C64H76N10O10S. The fourth-order valence-electron chi connectivity index (χ4n) is 15.1. The molecule has 2 aliphatic carbocycles. The number of nitrogens with zero attached hydrogens (tertiary/aromatic N) is 8. The smallest absolute Gasteiger partial charge is 0.244 e. The maximum Gasteiger partial charge on any atom is 0.244 e. The Balaban J connectivity index is 0.000000211. The van der Waals surface area contributed by atoms with Gasteiger partial charge in [-0.25, -0.2) is 0 Å². The van der Waals surface area contributed by atoms with E-state index >= 15 is 0 Å². The number of fused-ring (bicyclic) bond motifs is 13. The second-order valence-electron chi connectivity index (χ2n) is 22.7. The third kappa shape index (κ3) is 9.59. The predicted octanol–water partition coefficient (Wildman–Crippen LogP) is 7.10. The number of ether oxygens (including phenoxy) is 4. The number of rotatable bonds is 11. The van der Waals surface area contributed by atoms with Crippen LogP contribution in [0.5, 0.6) is 23.0 Å². The van der Waals surface area contributed by atoms with Gasteiger partial charge < -0.3 is 39.2 Å². The van der Waals surface area contributed by atoms with Crippen LogP contribution in [0.25, 0.3) is 0 Å². The van der Waals surface area contributed by atoms with E-state index in [4.69, 9.17) is 23.9 Å². The molecule has 6 unspecified atom stereocenters. The number of benzene rings is 3. The second-order valence-corrected chi connectivity index (χ2v) is 23.4. The van der Waals surface area contributed by atoms with Crippen LogP contribution in [0, 0.1) is 36.5 Å². The Morgan fingerprint density at radius 1 is 0.741 bits per heavy atom. The molecule has 0 radical (unpaired) electrons. The van der Waals surface area contributed by atoms with Crippen molar-refractivity contribution in [1.82, 2.24) is 24.9 Å². The number of methoxy groups -OCH3 is 4. The van der Waals surface area contributed by atoms with Crippen LogP contribution >= 0.6 is 11.9 Å². The van der Waals surface area contributed by atoms with Gasteiger partial charge in [0, 0.05) is 81.0 Å². The van der Waals surface area contributed by atoms with Crippen molar-refractivity contribution < 1.29 is 48.3 Å². The summed E-state index contributed by atoms with van der Waals surface area (Å²) in [5.74, 6) is 0.462. The van der Waals surface area contributed by atoms with Crippen LogP contribution in [-0.2, 0) is 41.5 Å². The van der Waals surface area contributed by atoms with Gasteiger partial charge in [-0.3, -0.25) is 48.8 Å². The average Bonchev–Trinajstić information content (AvgIpc) is 1.60. The molecule has 85 heavy (non-hydrogen) atoms. The van der Waals surface area contributed by atoms with Crippen molar-refractivity contribution in [1.29, 1.82) is 10.5 Å². The topological polar surface area (TPSA) is 255 Å². The third-order valence-electron chi connectivity index (χ3n) is 18.7. The number of carbonyl (C=O) groups is 4. The van der Waals surface area contributed by atoms with E-state index < -0.39 is 36.0 Å². The minimum Gasteiger partial charge on any atom is -0.504 e. The number of nitriles is 2. The Morgan fingerprint density at radius 2 is 1.25 bits per heavy atom. The number of hydrogen-bond donors (Lipinski definition) is 4. The van der Waals surface area contributed by atoms with Gasteiger partial charge >= 0.3 is 0 Å². The fraction of sp³-hybridized carbons (Fsp3) is 0.469. The average molecular weight is 1180 g/mol. The van der Waals surface area contributed by atoms with Gasteiger partial charge in [-0.1, -0.05) is 45.2 Å². The molecule has 2 fully saturated rings. The highest BCUT2D eigenvalue weighted by Gasteiger charge is 2.60. The molecule has 0 spiro atoms. The maximum atomic E-state index is 14.1. The number of Topliss-reactive ketones (excluding diaryl/α,β-unsaturated/α-hetero) is 3. The Morgan fingerprint density at radius 3 is 1.76 bits per heavy atom. The minimum absolute atomic E-state index is 0. The number of carbonyl (C=O) groups excluding carboxylic acids is 4. The SMILES string of the molecule is C.C.COC1=C(C)C(=O)C2=C(C1=O)[C@H](CNC(=O)C(C)N=CSNc1ccccc1)N1C(C2)C2c3c(cc(C)c(OC)c3O)C[C@@H]([C@@H]1C#N)N2C.COC1=C(C)C(=O)C2=C3C1=NCC3N1C(C2)C2c3c(cc(C)c(OC)c3O)C[C@@H]([C@@H]1C#N)N2C. The number of phenolic OH excluding ortho intramolecular Hbond substituents is 2. The number of piperazine rings is 2. The number of likely N-dealkylation sites (N-methyl/N-ethyl adjacent to an activating group) is 2. The number of ketones is 3. The van der Waals surface area contributed by atoms with Crippen molar-refractivity contribution in [2.45, 2.75) is 142 Å². The summed E-state index contributed by atoms with van der Waals surface area (Å²) in [6.45, 7) is 9.29. The van der Waals surface area contributed by atoms with E-state index in [-0.39, 0.29) is 110 Å². The molecule has 3 aromatic carbocycles. The van der Waals surface area contributed by atoms with Crippen molar-refractivity contribution >= 4 is 52.2 Å². The predicted molar refractivity (Wildman–Crippen MR) is 325 cm³/mol. The van der Waals surface area contributed by atoms with Gasteiger partial charge in [0.05, 0.1) is 76.8 Å². The van der Waals surface area contributed by atoms with E-state index in [1.54, 1.807) is 40.5 Å². The number of amides is 1. The highest BCUT2D eigenvalue weighted by molar-refractivity contribution is 8.13. The molecule has 7 aliphatic heterocycles. The van der Waals surface area contributed by atoms with E-state index in [2.05, 4.69) is 47.9 Å². The van der Waals surface area contributed by atoms with Crippen LogP contribution < -0.4 is 19.5 Å². The number of allylic oxidation sites excluding steroid dienone is 4. The van der Waals surface area contributed by atoms with Crippen LogP contribution in [0.2, 0.25) is 0 Å². The van der Waals surface area contributed by atoms with E-state index in [1.807, 2.05) is 69.2 Å². The molecular weight excluding hydrogens is 1100 g/mol. The zero-order chi connectivity index (χ0) is 59.2. The van der Waals surface area contributed by atoms with Gasteiger partial charge in [-0.15, -0.1) is 0 Å². The summed E-state index contributed by atoms with van der Waals surface area (Å²) in [5.41, 5.74) is 11.5. The van der Waals surface area contributed by atoms with Gasteiger partial charge in [-0.2, -0.15) is 10.5 Å². The van der Waals surface area contributed by atoms with Crippen molar-refractivity contribution in [2.75, 3.05) is 60.3 Å². The second kappa shape index (κ2) is 23.9. The van der Waals surface area contributed by atoms with Gasteiger partial charge in [0.15, 0.2) is 46.1 Å². The summed E-state index contributed by atoms with van der Waals surface area (Å²) >= 11 is 1.23. The zero-order valence-electron chi connectivity index (χ0n) is 48.4. The largest absolute Gasteiger partial charge is 0.504 e. The lowest BCUT2D eigenvalue weighted by molar-refractivity contribution is -0.125. The molecule has 0 aromatic heterocycles. The number of nitrogens with one attached hydrogen (secondary N) is 2. The van der Waals surface area contributed by atoms with Crippen LogP contribution in [-0.4, -0.2) is 174 Å². The number of para-hydroxylation sites is 1. The molecule has 12 rings (SSSR count). The monoisotopic (exact) mass is 1180 g/mol. The fourth-order valence-corrected chi connectivity index (χ4v) is 15.7. The number of aromatic hydroxyl groups is 2. The molecule has 2 saturated heterocycles. The Hall–Kier alpha value is -7.79. The summed E-state index contributed by atoms with van der Waals surface area (Å²) in [4.78, 5) is 72.6. The molecule has 20 nitrogen and oxygen atoms in total. The maximum absolute atomic E-state index is 14.1. The summed E-state index contributed by atoms with van der Waals surface area (Å²) in [6.07, 6.45) is 1.80. The Kier molecular flexibility index (Phi) is 17.4. The van der Waals surface area contributed by atoms with Crippen molar-refractivity contribution in [3.05, 3.63) is 121 Å². The lowest BCUT2D eigenvalue weighted by atomic mass is 9.69. The van der Waals surface area contributed by atoms with Gasteiger partial charge in [-0.05, 0) is 121 Å². The summed E-state index contributed by atoms with van der Waals surface area (Å²) < 4.78 is 25.3. The third-order valence-corrected chi connectivity index (χ3v) is 19.3. The molecule has 1 amide bonds. The van der Waals surface area contributed by atoms with Crippen LogP contribution in [0.15, 0.2) is 97.4 Å². The highest BCUT2D eigenvalue weighted by atomic mass is 32.2. The number of phenols is 2. The van der Waals surface area contributed by atoms with E-state index in [9.17, 15) is 39.9 Å². The van der Waals surface area contributed by atoms with E-state index in [0.717, 1.165) is 50.4 Å². The van der Waals surface area contributed by atoms with Crippen LogP contribution in [0.3, 0.4) is 0 Å². The quantitative estimate of drug-likeness (QED) is 0.0646. The first-order valence-corrected chi connectivity index (χ1v) is 28.7. The first kappa shape index (κ1) is 61.8. The number of anilines is 1. The number of hydrogen-bond acceptors (Lipinski definition) is 20. The first-order chi connectivity index (χ1) is 39.9. The van der Waals surface area contributed by atoms with Crippen molar-refractivity contribution in [2.24, 2.45) is 9.98 Å². The summed E-state index contributed by atoms with van der Waals surface area (Å²) in [7, 11) is 9.97. The zero-order valence-corrected chi connectivity index (χ0v) is 49.2. The van der Waals surface area contributed by atoms with Gasteiger partial charge in [0.1, 0.15) is 23.8 Å². The van der Waals surface area contributed by atoms with E-state index in [0.29, 0.717) is 59.8 Å². The Bertz CT molecular complexity index is 3580. The molecule has 3 aromatic rings. The molecule has 11 atom stereocenters. The summed E-state index contributed by atoms with van der Waals surface area (Å²) in [6, 6.07) is 14.4. The lowest BCUT2D eigenvalue weighted by Crippen LogP contribution is -2.71. The molecule has 21 heteroatoms.